The van der Waals surface area contributed by atoms with Gasteiger partial charge in [-0.25, -0.2) is 9.97 Å². The third-order valence-corrected chi connectivity index (χ3v) is 5.88. The van der Waals surface area contributed by atoms with Gasteiger partial charge in [-0.2, -0.15) is 11.8 Å². The highest BCUT2D eigenvalue weighted by Gasteiger charge is 2.22. The summed E-state index contributed by atoms with van der Waals surface area (Å²) in [6.07, 6.45) is 0. The van der Waals surface area contributed by atoms with Gasteiger partial charge in [-0.15, -0.1) is 11.8 Å². The Hall–Kier alpha value is 0.360. The highest BCUT2D eigenvalue weighted by Crippen LogP contribution is 2.37. The maximum Gasteiger partial charge on any atom is 0.145 e. The van der Waals surface area contributed by atoms with Crippen molar-refractivity contribution in [2.75, 3.05) is 17.3 Å². The largest absolute Gasteiger partial charge is 0.220 e. The molecule has 0 bridgehead atoms. The Morgan fingerprint density at radius 2 is 1.82 bits per heavy atom. The quantitative estimate of drug-likeness (QED) is 0.755. The second-order valence-electron chi connectivity index (χ2n) is 4.17. The molecule has 0 aliphatic carbocycles. The van der Waals surface area contributed by atoms with Crippen LogP contribution in [-0.4, -0.2) is 27.2 Å². The average molecular weight is 309 g/mol. The lowest BCUT2D eigenvalue weighted by Gasteiger charge is -2.20. The summed E-state index contributed by atoms with van der Waals surface area (Å²) in [4.78, 5) is 8.83. The minimum absolute atomic E-state index is 0.248. The van der Waals surface area contributed by atoms with E-state index in [9.17, 15) is 0 Å². The topological polar surface area (TPSA) is 25.8 Å². The molecule has 1 unspecified atom stereocenters. The number of halogens is 2. The van der Waals surface area contributed by atoms with Crippen molar-refractivity contribution in [2.45, 2.75) is 25.0 Å². The Bertz CT molecular complexity index is 383. The Morgan fingerprint density at radius 3 is 2.29 bits per heavy atom. The molecular formula is C11H14Cl2N2S2. The summed E-state index contributed by atoms with van der Waals surface area (Å²) in [5.74, 6) is 4.41. The Balaban J connectivity index is 2.31. The highest BCUT2D eigenvalue weighted by molar-refractivity contribution is 8.06. The number of hydrogen-bond acceptors (Lipinski definition) is 4. The van der Waals surface area contributed by atoms with Crippen LogP contribution in [0.3, 0.4) is 0 Å². The van der Waals surface area contributed by atoms with Crippen LogP contribution < -0.4 is 0 Å². The van der Waals surface area contributed by atoms with E-state index in [2.05, 4.69) is 9.97 Å². The zero-order chi connectivity index (χ0) is 12.4. The van der Waals surface area contributed by atoms with Crippen molar-refractivity contribution in [1.82, 2.24) is 9.97 Å². The van der Waals surface area contributed by atoms with E-state index in [1.54, 1.807) is 0 Å². The molecule has 2 heterocycles. The summed E-state index contributed by atoms with van der Waals surface area (Å²) in [6.45, 7) is 4.09. The molecule has 1 aromatic heterocycles. The molecule has 0 radical (unpaired) electrons. The minimum Gasteiger partial charge on any atom is -0.220 e. The van der Waals surface area contributed by atoms with Crippen LogP contribution in [0.1, 0.15) is 36.4 Å². The van der Waals surface area contributed by atoms with Crippen molar-refractivity contribution >= 4 is 46.7 Å². The van der Waals surface area contributed by atoms with Crippen molar-refractivity contribution in [3.8, 4) is 0 Å². The summed E-state index contributed by atoms with van der Waals surface area (Å²) >= 11 is 16.2. The molecule has 1 aromatic rings. The zero-order valence-corrected chi connectivity index (χ0v) is 12.9. The van der Waals surface area contributed by atoms with E-state index in [1.807, 2.05) is 37.4 Å². The van der Waals surface area contributed by atoms with Crippen LogP contribution in [0.2, 0.25) is 10.3 Å². The van der Waals surface area contributed by atoms with Gasteiger partial charge < -0.3 is 0 Å². The van der Waals surface area contributed by atoms with Crippen molar-refractivity contribution in [1.29, 1.82) is 0 Å². The van der Waals surface area contributed by atoms with Gasteiger partial charge in [0.2, 0.25) is 0 Å². The number of hydrogen-bond donors (Lipinski definition) is 0. The van der Waals surface area contributed by atoms with Gasteiger partial charge in [0, 0.05) is 22.8 Å². The standard InChI is InChI=1S/C11H14Cl2N2S2/c1-6(2)8-9(12)14-11(15-10(8)13)7-5-16-3-4-17-7/h6-7H,3-5H2,1-2H3. The van der Waals surface area contributed by atoms with E-state index < -0.39 is 0 Å². The van der Waals surface area contributed by atoms with Crippen molar-refractivity contribution in [2.24, 2.45) is 0 Å². The van der Waals surface area contributed by atoms with Gasteiger partial charge in [-0.1, -0.05) is 37.0 Å². The van der Waals surface area contributed by atoms with E-state index in [4.69, 9.17) is 23.2 Å². The van der Waals surface area contributed by atoms with Gasteiger partial charge in [-0.3, -0.25) is 0 Å². The smallest absolute Gasteiger partial charge is 0.145 e. The molecule has 0 N–H and O–H groups in total. The lowest BCUT2D eigenvalue weighted by Crippen LogP contribution is -2.11. The molecule has 17 heavy (non-hydrogen) atoms. The molecule has 0 saturated carbocycles. The zero-order valence-electron chi connectivity index (χ0n) is 9.74. The molecule has 2 nitrogen and oxygen atoms in total. The molecule has 1 fully saturated rings. The SMILES string of the molecule is CC(C)c1c(Cl)nc(C2CSCCS2)nc1Cl. The number of aromatic nitrogens is 2. The van der Waals surface area contributed by atoms with Crippen molar-refractivity contribution in [3.05, 3.63) is 21.7 Å². The maximum absolute atomic E-state index is 6.20. The molecule has 6 heteroatoms. The fourth-order valence-electron chi connectivity index (χ4n) is 1.69. The van der Waals surface area contributed by atoms with Gasteiger partial charge >= 0.3 is 0 Å². The molecule has 94 valence electrons. The first-order valence-corrected chi connectivity index (χ1v) is 8.47. The van der Waals surface area contributed by atoms with E-state index in [1.165, 1.54) is 5.75 Å². The third kappa shape index (κ3) is 3.22. The van der Waals surface area contributed by atoms with Crippen molar-refractivity contribution < 1.29 is 0 Å². The second-order valence-corrected chi connectivity index (χ2v) is 7.34. The number of rotatable bonds is 2. The number of nitrogens with zero attached hydrogens (tertiary/aromatic N) is 2. The van der Waals surface area contributed by atoms with Crippen LogP contribution in [0.5, 0.6) is 0 Å². The molecule has 1 aliphatic heterocycles. The molecule has 1 saturated heterocycles. The molecule has 1 atom stereocenters. The molecule has 0 spiro atoms. The monoisotopic (exact) mass is 308 g/mol. The van der Waals surface area contributed by atoms with E-state index in [0.717, 1.165) is 22.9 Å². The van der Waals surface area contributed by atoms with Gasteiger partial charge in [0.25, 0.3) is 0 Å². The number of thioether (sulfide) groups is 2. The van der Waals surface area contributed by atoms with Crippen LogP contribution in [-0.2, 0) is 0 Å². The van der Waals surface area contributed by atoms with Gasteiger partial charge in [0.05, 0.1) is 5.25 Å². The predicted molar refractivity (Wildman–Crippen MR) is 78.7 cm³/mol. The normalized spacial score (nSPS) is 20.9. The highest BCUT2D eigenvalue weighted by atomic mass is 35.5. The van der Waals surface area contributed by atoms with Crippen LogP contribution >= 0.6 is 46.7 Å². The molecule has 0 aromatic carbocycles. The van der Waals surface area contributed by atoms with Gasteiger partial charge in [0.1, 0.15) is 16.1 Å². The van der Waals surface area contributed by atoms with E-state index >= 15 is 0 Å². The molecule has 2 rings (SSSR count). The first-order valence-electron chi connectivity index (χ1n) is 5.51. The van der Waals surface area contributed by atoms with Crippen molar-refractivity contribution in [3.63, 3.8) is 0 Å². The fraction of sp³-hybridized carbons (Fsp3) is 0.636. The first kappa shape index (κ1) is 13.8. The van der Waals surface area contributed by atoms with Crippen LogP contribution in [0.25, 0.3) is 0 Å². The van der Waals surface area contributed by atoms with E-state index in [-0.39, 0.29) is 5.92 Å². The molecular weight excluding hydrogens is 295 g/mol. The van der Waals surface area contributed by atoms with E-state index in [0.29, 0.717) is 15.6 Å². The lowest BCUT2D eigenvalue weighted by atomic mass is 10.1. The molecule has 1 aliphatic rings. The minimum atomic E-state index is 0.248. The Kier molecular flexibility index (Phi) is 4.87. The second kappa shape index (κ2) is 6.00. The predicted octanol–water partition coefficient (Wildman–Crippen LogP) is 4.43. The van der Waals surface area contributed by atoms with Crippen LogP contribution in [0.15, 0.2) is 0 Å². The van der Waals surface area contributed by atoms with Gasteiger partial charge in [-0.05, 0) is 5.92 Å². The summed E-state index contributed by atoms with van der Waals surface area (Å²) in [5.41, 5.74) is 0.852. The summed E-state index contributed by atoms with van der Waals surface area (Å²) in [6, 6.07) is 0. The van der Waals surface area contributed by atoms with Crippen LogP contribution in [0.4, 0.5) is 0 Å². The lowest BCUT2D eigenvalue weighted by molar-refractivity contribution is 0.823. The summed E-state index contributed by atoms with van der Waals surface area (Å²) in [5, 5.41) is 1.34. The first-order chi connectivity index (χ1) is 8.09. The van der Waals surface area contributed by atoms with Gasteiger partial charge in [0.15, 0.2) is 0 Å². The Labute approximate surface area is 120 Å². The maximum atomic E-state index is 6.20. The Morgan fingerprint density at radius 1 is 1.18 bits per heavy atom. The van der Waals surface area contributed by atoms with Crippen LogP contribution in [0, 0.1) is 0 Å². The summed E-state index contributed by atoms with van der Waals surface area (Å²) in [7, 11) is 0. The average Bonchev–Trinajstić information content (AvgIpc) is 2.28. The third-order valence-electron chi connectivity index (χ3n) is 2.55. The molecule has 0 amide bonds. The summed E-state index contributed by atoms with van der Waals surface area (Å²) < 4.78 is 0. The fourth-order valence-corrected chi connectivity index (χ4v) is 5.12.